The van der Waals surface area contributed by atoms with Crippen LogP contribution in [0.25, 0.3) is 33.1 Å². The molecule has 1 aliphatic carbocycles. The number of benzene rings is 1. The maximum absolute atomic E-state index is 12.3. The SMILES string of the molecule is O=c1ccc2c(oc3cc4c(=O)[nH]n(C5CCCC5)c4[nH]c32)c1O. The number of phenols is 1. The number of fused-ring (bicyclic) bond motifs is 4. The molecule has 1 aromatic carbocycles. The molecule has 0 aliphatic heterocycles. The average molecular weight is 325 g/mol. The second-order valence-electron chi connectivity index (χ2n) is 6.41. The molecule has 0 spiro atoms. The molecular formula is C17H15N3O4. The molecule has 7 nitrogen and oxygen atoms in total. The molecule has 122 valence electrons. The molecule has 24 heavy (non-hydrogen) atoms. The normalized spacial score (nSPS) is 16.0. The van der Waals surface area contributed by atoms with Crippen molar-refractivity contribution in [1.29, 1.82) is 0 Å². The van der Waals surface area contributed by atoms with Crippen LogP contribution in [0, 0.1) is 0 Å². The number of aromatic amines is 2. The molecule has 5 rings (SSSR count). The summed E-state index contributed by atoms with van der Waals surface area (Å²) in [4.78, 5) is 27.2. The van der Waals surface area contributed by atoms with Crippen molar-refractivity contribution in [2.24, 2.45) is 0 Å². The van der Waals surface area contributed by atoms with Gasteiger partial charge in [0.25, 0.3) is 5.56 Å². The summed E-state index contributed by atoms with van der Waals surface area (Å²) in [6.07, 6.45) is 4.39. The van der Waals surface area contributed by atoms with Crippen molar-refractivity contribution in [3.05, 3.63) is 38.8 Å². The molecule has 3 N–H and O–H groups in total. The molecule has 0 bridgehead atoms. The lowest BCUT2D eigenvalue weighted by atomic mass is 10.2. The third-order valence-electron chi connectivity index (χ3n) is 4.99. The van der Waals surface area contributed by atoms with Crippen molar-refractivity contribution in [3.63, 3.8) is 0 Å². The maximum Gasteiger partial charge on any atom is 0.273 e. The van der Waals surface area contributed by atoms with Gasteiger partial charge in [0.2, 0.25) is 11.2 Å². The molecule has 1 aliphatic rings. The number of aromatic hydroxyl groups is 1. The molecule has 1 fully saturated rings. The van der Waals surface area contributed by atoms with Crippen molar-refractivity contribution in [3.8, 4) is 5.75 Å². The van der Waals surface area contributed by atoms with Crippen LogP contribution in [-0.2, 0) is 0 Å². The van der Waals surface area contributed by atoms with Crippen molar-refractivity contribution in [2.45, 2.75) is 31.7 Å². The molecule has 0 unspecified atom stereocenters. The van der Waals surface area contributed by atoms with Crippen LogP contribution >= 0.6 is 0 Å². The summed E-state index contributed by atoms with van der Waals surface area (Å²) < 4.78 is 7.53. The number of pyridine rings is 1. The van der Waals surface area contributed by atoms with Crippen LogP contribution in [0.1, 0.15) is 31.7 Å². The first-order chi connectivity index (χ1) is 11.6. The van der Waals surface area contributed by atoms with Crippen LogP contribution in [0.4, 0.5) is 0 Å². The number of nitrogens with zero attached hydrogens (tertiary/aromatic N) is 1. The van der Waals surface area contributed by atoms with Gasteiger partial charge >= 0.3 is 0 Å². The van der Waals surface area contributed by atoms with Crippen LogP contribution in [0.15, 0.2) is 32.2 Å². The number of furan rings is 1. The van der Waals surface area contributed by atoms with Crippen molar-refractivity contribution < 1.29 is 9.52 Å². The first-order valence-electron chi connectivity index (χ1n) is 8.05. The van der Waals surface area contributed by atoms with Crippen molar-refractivity contribution in [2.75, 3.05) is 0 Å². The third kappa shape index (κ3) is 1.66. The minimum atomic E-state index is -0.487. The Kier molecular flexibility index (Phi) is 2.54. The van der Waals surface area contributed by atoms with Gasteiger partial charge in [0.15, 0.2) is 11.2 Å². The largest absolute Gasteiger partial charge is 0.502 e. The Labute approximate surface area is 134 Å². The highest BCUT2D eigenvalue weighted by Crippen LogP contribution is 2.34. The number of nitrogens with one attached hydrogen (secondary N) is 2. The minimum Gasteiger partial charge on any atom is -0.502 e. The van der Waals surface area contributed by atoms with Gasteiger partial charge in [-0.3, -0.25) is 19.4 Å². The summed E-state index contributed by atoms with van der Waals surface area (Å²) in [5.41, 5.74) is 1.30. The van der Waals surface area contributed by atoms with E-state index in [0.29, 0.717) is 27.5 Å². The number of phenolic OH excluding ortho intramolecular Hbond substituents is 1. The quantitative estimate of drug-likeness (QED) is 0.500. The topological polar surface area (TPSA) is 104 Å². The molecule has 0 saturated heterocycles. The molecule has 1 saturated carbocycles. The van der Waals surface area contributed by atoms with Gasteiger partial charge in [-0.2, -0.15) is 0 Å². The molecule has 3 aromatic heterocycles. The predicted molar refractivity (Wildman–Crippen MR) is 89.6 cm³/mol. The molecular weight excluding hydrogens is 310 g/mol. The molecule has 0 amide bonds. The van der Waals surface area contributed by atoms with Gasteiger partial charge in [0.1, 0.15) is 5.65 Å². The van der Waals surface area contributed by atoms with E-state index in [1.54, 1.807) is 12.1 Å². The molecule has 3 heterocycles. The van der Waals surface area contributed by atoms with Crippen molar-refractivity contribution >= 4 is 33.1 Å². The zero-order valence-corrected chi connectivity index (χ0v) is 12.8. The van der Waals surface area contributed by atoms with Crippen molar-refractivity contribution in [1.82, 2.24) is 14.8 Å². The van der Waals surface area contributed by atoms with E-state index >= 15 is 0 Å². The van der Waals surface area contributed by atoms with Crippen LogP contribution in [0.2, 0.25) is 0 Å². The van der Waals surface area contributed by atoms with E-state index in [-0.39, 0.29) is 17.2 Å². The number of H-pyrrole nitrogens is 2. The Bertz CT molecular complexity index is 1220. The third-order valence-corrected chi connectivity index (χ3v) is 4.99. The average Bonchev–Trinajstić information content (AvgIpc) is 3.28. The van der Waals surface area contributed by atoms with E-state index in [1.807, 2.05) is 4.68 Å². The van der Waals surface area contributed by atoms with Gasteiger partial charge in [-0.05, 0) is 31.0 Å². The Hall–Kier alpha value is -2.96. The van der Waals surface area contributed by atoms with E-state index in [4.69, 9.17) is 4.42 Å². The minimum absolute atomic E-state index is 0.144. The highest BCUT2D eigenvalue weighted by Gasteiger charge is 2.22. The first-order valence-corrected chi connectivity index (χ1v) is 8.05. The highest BCUT2D eigenvalue weighted by molar-refractivity contribution is 6.07. The lowest BCUT2D eigenvalue weighted by Gasteiger charge is -2.11. The number of rotatable bonds is 1. The lowest BCUT2D eigenvalue weighted by molar-refractivity contribution is 0.464. The number of aromatic nitrogens is 3. The van der Waals surface area contributed by atoms with E-state index in [1.165, 1.54) is 6.07 Å². The molecule has 4 aromatic rings. The Morgan fingerprint density at radius 3 is 2.75 bits per heavy atom. The number of hydrogen-bond acceptors (Lipinski definition) is 4. The summed E-state index contributed by atoms with van der Waals surface area (Å²) in [5.74, 6) is -0.408. The lowest BCUT2D eigenvalue weighted by Crippen LogP contribution is -2.10. The Morgan fingerprint density at radius 2 is 1.96 bits per heavy atom. The fourth-order valence-electron chi connectivity index (χ4n) is 3.79. The first kappa shape index (κ1) is 13.5. The Balaban J connectivity index is 1.90. The van der Waals surface area contributed by atoms with Gasteiger partial charge in [-0.1, -0.05) is 12.8 Å². The van der Waals surface area contributed by atoms with Crippen LogP contribution in [0.5, 0.6) is 5.75 Å². The second-order valence-corrected chi connectivity index (χ2v) is 6.41. The van der Waals surface area contributed by atoms with Crippen LogP contribution in [-0.4, -0.2) is 19.9 Å². The maximum atomic E-state index is 12.3. The molecule has 0 radical (unpaired) electrons. The van der Waals surface area contributed by atoms with Gasteiger partial charge in [-0.25, -0.2) is 0 Å². The zero-order chi connectivity index (χ0) is 16.4. The van der Waals surface area contributed by atoms with E-state index in [2.05, 4.69) is 10.1 Å². The summed E-state index contributed by atoms with van der Waals surface area (Å²) >= 11 is 0. The van der Waals surface area contributed by atoms with Crippen LogP contribution in [0.3, 0.4) is 0 Å². The fraction of sp³-hybridized carbons (Fsp3) is 0.294. The van der Waals surface area contributed by atoms with E-state index < -0.39 is 11.2 Å². The van der Waals surface area contributed by atoms with Gasteiger partial charge < -0.3 is 14.5 Å². The van der Waals surface area contributed by atoms with Gasteiger partial charge in [-0.15, -0.1) is 0 Å². The van der Waals surface area contributed by atoms with Gasteiger partial charge in [0.05, 0.1) is 16.9 Å². The summed E-state index contributed by atoms with van der Waals surface area (Å²) in [5, 5.41) is 14.0. The fourth-order valence-corrected chi connectivity index (χ4v) is 3.79. The summed E-state index contributed by atoms with van der Waals surface area (Å²) in [7, 11) is 0. The smallest absolute Gasteiger partial charge is 0.273 e. The highest BCUT2D eigenvalue weighted by atomic mass is 16.4. The Morgan fingerprint density at radius 1 is 1.17 bits per heavy atom. The predicted octanol–water partition coefficient (Wildman–Crippen LogP) is 2.74. The number of hydrogen-bond donors (Lipinski definition) is 3. The standard InChI is InChI=1S/C17H15N3O4/c21-11-6-5-9-13-12(24-15(9)14(11)22)7-10-16(18-13)20(19-17(10)23)8-3-1-2-4-8/h5-8,18,22H,1-4H2,(H,19,23). The van der Waals surface area contributed by atoms with Crippen LogP contribution < -0.4 is 11.0 Å². The van der Waals surface area contributed by atoms with Gasteiger partial charge in [0, 0.05) is 5.39 Å². The molecule has 0 atom stereocenters. The summed E-state index contributed by atoms with van der Waals surface area (Å²) in [6, 6.07) is 4.88. The summed E-state index contributed by atoms with van der Waals surface area (Å²) in [6.45, 7) is 0. The van der Waals surface area contributed by atoms with E-state index in [0.717, 1.165) is 25.7 Å². The monoisotopic (exact) mass is 325 g/mol. The van der Waals surface area contributed by atoms with E-state index in [9.17, 15) is 14.7 Å². The second kappa shape index (κ2) is 4.53. The molecule has 7 heteroatoms. The zero-order valence-electron chi connectivity index (χ0n) is 12.8.